The molecule has 0 aromatic heterocycles. The number of hydrogen-bond acceptors (Lipinski definition) is 3. The number of aliphatic hydroxyl groups excluding tert-OH is 1. The topological polar surface area (TPSA) is 77.8 Å². The Morgan fingerprint density at radius 1 is 1.29 bits per heavy atom. The van der Waals surface area contributed by atoms with Gasteiger partial charge in [0.1, 0.15) is 6.08 Å². The fraction of sp³-hybridized carbons (Fsp3) is 0. The Hall–Kier alpha value is -1.19. The van der Waals surface area contributed by atoms with Crippen molar-refractivity contribution in [2.45, 2.75) is 0 Å². The van der Waals surface area contributed by atoms with Crippen molar-refractivity contribution in [3.63, 3.8) is 0 Å². The molecule has 0 aliphatic carbocycles. The molecular weight excluding hydrogens is 100 g/mol. The molecule has 0 aromatic rings. The Bertz CT molecular complexity index is 99.5. The van der Waals surface area contributed by atoms with Gasteiger partial charge in [-0.2, -0.15) is 0 Å². The predicted octanol–water partition coefficient (Wildman–Crippen LogP) is 0.0284. The van der Waals surface area contributed by atoms with Gasteiger partial charge in [-0.05, 0) is 0 Å². The molecule has 0 heterocycles. The van der Waals surface area contributed by atoms with Crippen LogP contribution in [0.25, 0.3) is 0 Å². The van der Waals surface area contributed by atoms with E-state index in [0.29, 0.717) is 0 Å². The molecule has 3 N–H and O–H groups in total. The molecule has 0 radical (unpaired) electrons. The van der Waals surface area contributed by atoms with Gasteiger partial charge in [0.05, 0.1) is 0 Å². The average Bonchev–Trinajstić information content (AvgIpc) is 1.27. The first kappa shape index (κ1) is 5.81. The van der Waals surface area contributed by atoms with Gasteiger partial charge in [0, 0.05) is 0 Å². The first-order valence-electron chi connectivity index (χ1n) is 1.45. The van der Waals surface area contributed by atoms with E-state index in [0.717, 1.165) is 0 Å². The molecule has 0 rings (SSSR count). The van der Waals surface area contributed by atoms with Gasteiger partial charge < -0.3 is 15.3 Å². The Labute approximate surface area is 39.3 Å². The number of hydrogen-bond donors (Lipinski definition) is 3. The van der Waals surface area contributed by atoms with Crippen molar-refractivity contribution in [1.82, 2.24) is 0 Å². The molecule has 0 aliphatic rings. The second-order valence-corrected chi connectivity index (χ2v) is 0.841. The molecule has 4 nitrogen and oxygen atoms in total. The van der Waals surface area contributed by atoms with Crippen molar-refractivity contribution >= 4 is 5.97 Å². The van der Waals surface area contributed by atoms with E-state index in [9.17, 15) is 4.79 Å². The van der Waals surface area contributed by atoms with Crippen molar-refractivity contribution < 1.29 is 20.1 Å². The van der Waals surface area contributed by atoms with Crippen molar-refractivity contribution in [2.24, 2.45) is 0 Å². The van der Waals surface area contributed by atoms with Crippen LogP contribution in [0, 0.1) is 0 Å². The first-order valence-corrected chi connectivity index (χ1v) is 1.45. The predicted molar refractivity (Wildman–Crippen MR) is 21.0 cm³/mol. The molecule has 0 saturated heterocycles. The van der Waals surface area contributed by atoms with Gasteiger partial charge in [0.2, 0.25) is 0 Å². The van der Waals surface area contributed by atoms with Crippen molar-refractivity contribution in [3.8, 4) is 0 Å². The summed E-state index contributed by atoms with van der Waals surface area (Å²) < 4.78 is 0. The lowest BCUT2D eigenvalue weighted by atomic mass is 10.6. The molecule has 0 unspecified atom stereocenters. The lowest BCUT2D eigenvalue weighted by Gasteiger charge is -1.79. The SMILES string of the molecule is O=C(O)C=C(O)O. The zero-order valence-electron chi connectivity index (χ0n) is 3.33. The lowest BCUT2D eigenvalue weighted by molar-refractivity contribution is -0.131. The van der Waals surface area contributed by atoms with E-state index in [2.05, 4.69) is 0 Å². The number of rotatable bonds is 1. The van der Waals surface area contributed by atoms with Gasteiger partial charge in [-0.15, -0.1) is 0 Å². The summed E-state index contributed by atoms with van der Waals surface area (Å²) in [5, 5.41) is 23.2. The van der Waals surface area contributed by atoms with E-state index in [1.165, 1.54) is 0 Å². The number of carbonyl (C=O) groups is 1. The van der Waals surface area contributed by atoms with Crippen LogP contribution in [0.15, 0.2) is 12.0 Å². The summed E-state index contributed by atoms with van der Waals surface area (Å²) in [6, 6.07) is 0. The van der Waals surface area contributed by atoms with Crippen molar-refractivity contribution in [2.75, 3.05) is 0 Å². The highest BCUT2D eigenvalue weighted by molar-refractivity contribution is 5.79. The highest BCUT2D eigenvalue weighted by Gasteiger charge is 1.89. The van der Waals surface area contributed by atoms with Gasteiger partial charge in [-0.3, -0.25) is 0 Å². The zero-order valence-corrected chi connectivity index (χ0v) is 3.33. The number of carboxylic acids is 1. The van der Waals surface area contributed by atoms with E-state index in [4.69, 9.17) is 15.3 Å². The highest BCUT2D eigenvalue weighted by atomic mass is 16.5. The maximum Gasteiger partial charge on any atom is 0.335 e. The maximum atomic E-state index is 9.41. The van der Waals surface area contributed by atoms with Crippen LogP contribution in [0.3, 0.4) is 0 Å². The van der Waals surface area contributed by atoms with Crippen LogP contribution in [0.2, 0.25) is 0 Å². The molecule has 0 spiro atoms. The summed E-state index contributed by atoms with van der Waals surface area (Å²) in [6.45, 7) is 0. The Kier molecular flexibility index (Phi) is 1.72. The number of aliphatic hydroxyl groups is 2. The van der Waals surface area contributed by atoms with Crippen LogP contribution in [0.1, 0.15) is 0 Å². The molecule has 0 bridgehead atoms. The zero-order chi connectivity index (χ0) is 5.86. The van der Waals surface area contributed by atoms with Crippen LogP contribution in [-0.4, -0.2) is 21.3 Å². The van der Waals surface area contributed by atoms with Gasteiger partial charge in [0.25, 0.3) is 5.95 Å². The van der Waals surface area contributed by atoms with Gasteiger partial charge in [0.15, 0.2) is 0 Å². The van der Waals surface area contributed by atoms with Gasteiger partial charge in [-0.25, -0.2) is 4.79 Å². The minimum Gasteiger partial charge on any atom is -0.481 e. The quantitative estimate of drug-likeness (QED) is 0.324. The fourth-order valence-electron chi connectivity index (χ4n) is 0.110. The summed E-state index contributed by atoms with van der Waals surface area (Å²) in [5.41, 5.74) is 0. The van der Waals surface area contributed by atoms with E-state index >= 15 is 0 Å². The normalized spacial score (nSPS) is 7.43. The van der Waals surface area contributed by atoms with Crippen LogP contribution in [-0.2, 0) is 4.79 Å². The minimum absolute atomic E-state index is 0.278. The van der Waals surface area contributed by atoms with Crippen LogP contribution in [0.5, 0.6) is 0 Å². The molecule has 4 heteroatoms. The molecule has 0 atom stereocenters. The van der Waals surface area contributed by atoms with E-state index in [-0.39, 0.29) is 6.08 Å². The molecule has 0 aliphatic heterocycles. The van der Waals surface area contributed by atoms with E-state index < -0.39 is 11.9 Å². The minimum atomic E-state index is -1.38. The smallest absolute Gasteiger partial charge is 0.335 e. The monoisotopic (exact) mass is 104 g/mol. The third-order valence-corrected chi connectivity index (χ3v) is 0.253. The molecule has 0 amide bonds. The number of aliphatic carboxylic acids is 1. The first-order chi connectivity index (χ1) is 3.13. The van der Waals surface area contributed by atoms with Gasteiger partial charge >= 0.3 is 5.97 Å². The Balaban J connectivity index is 3.68. The molecule has 40 valence electrons. The van der Waals surface area contributed by atoms with Crippen LogP contribution in [0.4, 0.5) is 0 Å². The second-order valence-electron chi connectivity index (χ2n) is 0.841. The van der Waals surface area contributed by atoms with E-state index in [1.54, 1.807) is 0 Å². The summed E-state index contributed by atoms with van der Waals surface area (Å²) >= 11 is 0. The second kappa shape index (κ2) is 2.07. The third-order valence-electron chi connectivity index (χ3n) is 0.253. The van der Waals surface area contributed by atoms with E-state index in [1.807, 2.05) is 0 Å². The lowest BCUT2D eigenvalue weighted by Crippen LogP contribution is -1.89. The summed E-state index contributed by atoms with van der Waals surface area (Å²) in [6.07, 6.45) is 0.278. The van der Waals surface area contributed by atoms with Crippen molar-refractivity contribution in [1.29, 1.82) is 0 Å². The average molecular weight is 104 g/mol. The summed E-state index contributed by atoms with van der Waals surface area (Å²) in [5.74, 6) is -2.56. The molecule has 7 heavy (non-hydrogen) atoms. The Morgan fingerprint density at radius 3 is 1.71 bits per heavy atom. The van der Waals surface area contributed by atoms with Gasteiger partial charge in [-0.1, -0.05) is 0 Å². The molecular formula is C3H4O4. The summed E-state index contributed by atoms with van der Waals surface area (Å²) in [7, 11) is 0. The Morgan fingerprint density at radius 2 is 1.71 bits per heavy atom. The maximum absolute atomic E-state index is 9.41. The van der Waals surface area contributed by atoms with Crippen LogP contribution < -0.4 is 0 Å². The highest BCUT2D eigenvalue weighted by Crippen LogP contribution is 1.75. The molecule has 0 saturated carbocycles. The van der Waals surface area contributed by atoms with Crippen molar-refractivity contribution in [3.05, 3.63) is 12.0 Å². The fourth-order valence-corrected chi connectivity index (χ4v) is 0.110. The summed E-state index contributed by atoms with van der Waals surface area (Å²) in [4.78, 5) is 9.41. The molecule has 0 aromatic carbocycles. The molecule has 0 fully saturated rings. The standard InChI is InChI=1S/C3H4O4/c4-2(5)1-3(6)7/h1,4-5H,(H,6,7). The van der Waals surface area contributed by atoms with Crippen LogP contribution >= 0.6 is 0 Å². The number of carboxylic acid groups (broad SMARTS) is 1. The largest absolute Gasteiger partial charge is 0.481 e. The third kappa shape index (κ3) is 4.81.